The fourth-order valence-electron chi connectivity index (χ4n) is 4.95. The third-order valence-electron chi connectivity index (χ3n) is 6.23. The normalized spacial score (nSPS) is 25.8. The van der Waals surface area contributed by atoms with Crippen molar-refractivity contribution in [1.29, 1.82) is 0 Å². The van der Waals surface area contributed by atoms with Gasteiger partial charge < -0.3 is 14.7 Å². The number of amides is 1. The first-order valence-corrected chi connectivity index (χ1v) is 10.4. The van der Waals surface area contributed by atoms with Crippen LogP contribution in [-0.2, 0) is 14.3 Å². The van der Waals surface area contributed by atoms with Crippen LogP contribution in [0.1, 0.15) is 43.2 Å². The van der Waals surface area contributed by atoms with Gasteiger partial charge in [-0.3, -0.25) is 4.79 Å². The summed E-state index contributed by atoms with van der Waals surface area (Å²) >= 11 is 0. The van der Waals surface area contributed by atoms with Crippen molar-refractivity contribution < 1.29 is 19.4 Å². The maximum absolute atomic E-state index is 14.0. The Morgan fingerprint density at radius 3 is 2.14 bits per heavy atom. The van der Waals surface area contributed by atoms with Crippen LogP contribution in [0.25, 0.3) is 0 Å². The second-order valence-corrected chi connectivity index (χ2v) is 7.89. The second kappa shape index (κ2) is 8.37. The van der Waals surface area contributed by atoms with E-state index < -0.39 is 24.0 Å². The van der Waals surface area contributed by atoms with E-state index in [0.29, 0.717) is 6.42 Å². The molecule has 1 saturated carbocycles. The Balaban J connectivity index is 1.75. The van der Waals surface area contributed by atoms with Crippen LogP contribution in [0.2, 0.25) is 0 Å². The van der Waals surface area contributed by atoms with E-state index in [1.165, 1.54) is 0 Å². The largest absolute Gasteiger partial charge is 0.464 e. The number of nitrogens with zero attached hydrogens (tertiary/aromatic N) is 1. The fourth-order valence-corrected chi connectivity index (χ4v) is 4.95. The van der Waals surface area contributed by atoms with Gasteiger partial charge in [0.25, 0.3) is 0 Å². The van der Waals surface area contributed by atoms with Crippen LogP contribution in [0, 0.1) is 5.92 Å². The number of esters is 1. The Bertz CT molecular complexity index is 814. The number of fused-ring (bicyclic) bond motifs is 3. The Hall–Kier alpha value is -2.66. The van der Waals surface area contributed by atoms with Gasteiger partial charge in [-0.15, -0.1) is 0 Å². The summed E-state index contributed by atoms with van der Waals surface area (Å²) in [5, 5.41) is 10.5. The maximum atomic E-state index is 14.0. The number of piperidine rings is 2. The third-order valence-corrected chi connectivity index (χ3v) is 6.23. The molecule has 5 rings (SSSR count). The number of carbonyl (C=O) groups is 2. The minimum atomic E-state index is -0.722. The molecule has 2 aromatic rings. The lowest BCUT2D eigenvalue weighted by atomic mass is 9.71. The predicted molar refractivity (Wildman–Crippen MR) is 109 cm³/mol. The molecule has 2 aliphatic heterocycles. The molecule has 1 amide bonds. The van der Waals surface area contributed by atoms with Gasteiger partial charge in [0.2, 0.25) is 5.91 Å². The monoisotopic (exact) mass is 393 g/mol. The topological polar surface area (TPSA) is 66.8 Å². The number of hydrogen-bond acceptors (Lipinski definition) is 4. The van der Waals surface area contributed by atoms with Crippen molar-refractivity contribution >= 4 is 11.9 Å². The van der Waals surface area contributed by atoms with Crippen molar-refractivity contribution in [3.8, 4) is 0 Å². The number of rotatable bonds is 5. The molecular weight excluding hydrogens is 366 g/mol. The van der Waals surface area contributed by atoms with Gasteiger partial charge in [-0.25, -0.2) is 4.79 Å². The van der Waals surface area contributed by atoms with Gasteiger partial charge in [-0.1, -0.05) is 60.7 Å². The molecule has 3 aliphatic rings. The molecule has 2 aromatic carbocycles. The summed E-state index contributed by atoms with van der Waals surface area (Å²) in [7, 11) is 0. The Morgan fingerprint density at radius 1 is 1.03 bits per heavy atom. The van der Waals surface area contributed by atoms with Crippen LogP contribution >= 0.6 is 0 Å². The van der Waals surface area contributed by atoms with E-state index in [4.69, 9.17) is 4.74 Å². The highest BCUT2D eigenvalue weighted by molar-refractivity contribution is 5.92. The molecule has 2 heterocycles. The summed E-state index contributed by atoms with van der Waals surface area (Å²) < 4.78 is 5.31. The first-order valence-electron chi connectivity index (χ1n) is 10.4. The summed E-state index contributed by atoms with van der Waals surface area (Å²) in [6.45, 7) is 2.02. The Morgan fingerprint density at radius 2 is 1.62 bits per heavy atom. The molecule has 1 aliphatic carbocycles. The van der Waals surface area contributed by atoms with Crippen molar-refractivity contribution in [2.45, 2.75) is 50.3 Å². The van der Waals surface area contributed by atoms with Crippen molar-refractivity contribution in [2.75, 3.05) is 6.61 Å². The predicted octanol–water partition coefficient (Wildman–Crippen LogP) is 3.12. The number of aliphatic hydroxyl groups is 1. The molecule has 2 bridgehead atoms. The molecule has 2 unspecified atom stereocenters. The highest BCUT2D eigenvalue weighted by Crippen LogP contribution is 2.42. The van der Waals surface area contributed by atoms with Crippen LogP contribution in [-0.4, -0.2) is 46.7 Å². The molecule has 5 nitrogen and oxygen atoms in total. The Labute approximate surface area is 171 Å². The standard InChI is InChI=1S/C24H27NO4/c1-2-29-24(28)22-19-14-13-18(15-20(19)26)25(22)23(27)21(16-9-5-3-6-10-16)17-11-7-4-8-12-17/h3-12,18-22,26H,2,13-15H2,1H3/t18-,19?,20?,22-/m0/s1. The molecule has 0 radical (unpaired) electrons. The zero-order chi connectivity index (χ0) is 20.4. The average Bonchev–Trinajstić information content (AvgIpc) is 2.75. The van der Waals surface area contributed by atoms with Gasteiger partial charge in [0, 0.05) is 12.0 Å². The summed E-state index contributed by atoms with van der Waals surface area (Å²) in [4.78, 5) is 28.5. The summed E-state index contributed by atoms with van der Waals surface area (Å²) in [6, 6.07) is 18.5. The zero-order valence-corrected chi connectivity index (χ0v) is 16.6. The van der Waals surface area contributed by atoms with Crippen LogP contribution in [0.5, 0.6) is 0 Å². The average molecular weight is 393 g/mol. The van der Waals surface area contributed by atoms with Gasteiger partial charge >= 0.3 is 5.97 Å². The summed E-state index contributed by atoms with van der Waals surface area (Å²) in [6.07, 6.45) is 1.49. The molecule has 2 saturated heterocycles. The van der Waals surface area contributed by atoms with Gasteiger partial charge in [0.1, 0.15) is 6.04 Å². The highest BCUT2D eigenvalue weighted by Gasteiger charge is 2.53. The van der Waals surface area contributed by atoms with Gasteiger partial charge in [0.05, 0.1) is 18.6 Å². The van der Waals surface area contributed by atoms with Crippen molar-refractivity contribution in [1.82, 2.24) is 4.90 Å². The third kappa shape index (κ3) is 3.67. The number of ether oxygens (including phenoxy) is 1. The quantitative estimate of drug-likeness (QED) is 0.793. The van der Waals surface area contributed by atoms with Crippen LogP contribution < -0.4 is 0 Å². The fraction of sp³-hybridized carbons (Fsp3) is 0.417. The molecule has 0 aromatic heterocycles. The van der Waals surface area contributed by atoms with E-state index in [2.05, 4.69) is 0 Å². The van der Waals surface area contributed by atoms with Gasteiger partial charge in [-0.2, -0.15) is 0 Å². The van der Waals surface area contributed by atoms with Crippen LogP contribution in [0.15, 0.2) is 60.7 Å². The lowest BCUT2D eigenvalue weighted by Gasteiger charge is -2.52. The minimum Gasteiger partial charge on any atom is -0.464 e. The molecule has 1 N–H and O–H groups in total. The molecule has 3 fully saturated rings. The Kier molecular flexibility index (Phi) is 5.67. The maximum Gasteiger partial charge on any atom is 0.329 e. The second-order valence-electron chi connectivity index (χ2n) is 7.89. The number of aliphatic hydroxyl groups excluding tert-OH is 1. The smallest absolute Gasteiger partial charge is 0.329 e. The SMILES string of the molecule is CCOC(=O)[C@@H]1C2CC[C@@H](CC2O)N1C(=O)C(c1ccccc1)c1ccccc1. The highest BCUT2D eigenvalue weighted by atomic mass is 16.5. The van der Waals surface area contributed by atoms with Gasteiger partial charge in [-0.05, 0) is 37.3 Å². The molecule has 29 heavy (non-hydrogen) atoms. The molecule has 5 heteroatoms. The van der Waals surface area contributed by atoms with E-state index in [9.17, 15) is 14.7 Å². The van der Waals surface area contributed by atoms with E-state index in [0.717, 1.165) is 24.0 Å². The van der Waals surface area contributed by atoms with Crippen LogP contribution in [0.3, 0.4) is 0 Å². The van der Waals surface area contributed by atoms with E-state index in [1.54, 1.807) is 11.8 Å². The first-order chi connectivity index (χ1) is 14.1. The summed E-state index contributed by atoms with van der Waals surface area (Å²) in [5.41, 5.74) is 1.79. The van der Waals surface area contributed by atoms with E-state index in [-0.39, 0.29) is 24.5 Å². The van der Waals surface area contributed by atoms with Crippen molar-refractivity contribution in [2.24, 2.45) is 5.92 Å². The van der Waals surface area contributed by atoms with E-state index >= 15 is 0 Å². The van der Waals surface area contributed by atoms with Crippen molar-refractivity contribution in [3.63, 3.8) is 0 Å². The minimum absolute atomic E-state index is 0.0953. The lowest BCUT2D eigenvalue weighted by Crippen LogP contribution is -2.65. The number of hydrogen-bond donors (Lipinski definition) is 1. The molecule has 0 spiro atoms. The number of carbonyl (C=O) groups excluding carboxylic acids is 2. The van der Waals surface area contributed by atoms with Crippen LogP contribution in [0.4, 0.5) is 0 Å². The molecule has 152 valence electrons. The van der Waals surface area contributed by atoms with Gasteiger partial charge in [0.15, 0.2) is 0 Å². The van der Waals surface area contributed by atoms with E-state index in [1.807, 2.05) is 60.7 Å². The number of benzene rings is 2. The summed E-state index contributed by atoms with van der Waals surface area (Å²) in [5.74, 6) is -1.27. The molecular formula is C24H27NO4. The zero-order valence-electron chi connectivity index (χ0n) is 16.6. The molecule has 4 atom stereocenters. The first kappa shape index (κ1) is 19.6. The lowest BCUT2D eigenvalue weighted by molar-refractivity contribution is -0.175. The van der Waals surface area contributed by atoms with Crippen molar-refractivity contribution in [3.05, 3.63) is 71.8 Å².